The lowest BCUT2D eigenvalue weighted by Gasteiger charge is -2.30. The van der Waals surface area contributed by atoms with E-state index in [-0.39, 0.29) is 24.6 Å². The van der Waals surface area contributed by atoms with Gasteiger partial charge in [-0.15, -0.1) is 0 Å². The summed E-state index contributed by atoms with van der Waals surface area (Å²) >= 11 is 0. The molecule has 0 aliphatic carbocycles. The highest BCUT2D eigenvalue weighted by Crippen LogP contribution is 2.25. The van der Waals surface area contributed by atoms with Gasteiger partial charge in [0.15, 0.2) is 6.61 Å². The second-order valence-corrected chi connectivity index (χ2v) is 6.07. The third-order valence-corrected chi connectivity index (χ3v) is 4.49. The Labute approximate surface area is 139 Å². The zero-order chi connectivity index (χ0) is 17.1. The topological polar surface area (TPSA) is 103 Å². The van der Waals surface area contributed by atoms with Crippen molar-refractivity contribution in [3.8, 4) is 11.8 Å². The molecule has 2 aliphatic heterocycles. The molecule has 7 heteroatoms. The number of nitriles is 1. The first kappa shape index (κ1) is 16.3. The Kier molecular flexibility index (Phi) is 4.67. The Morgan fingerprint density at radius 1 is 1.42 bits per heavy atom. The van der Waals surface area contributed by atoms with E-state index >= 15 is 0 Å². The Bertz CT molecular complexity index is 698. The molecule has 0 radical (unpaired) electrons. The lowest BCUT2D eigenvalue weighted by Crippen LogP contribution is -2.50. The van der Waals surface area contributed by atoms with Gasteiger partial charge in [0.25, 0.3) is 0 Å². The van der Waals surface area contributed by atoms with Crippen LogP contribution in [0.15, 0.2) is 18.2 Å². The highest BCUT2D eigenvalue weighted by Gasteiger charge is 2.34. The smallest absolute Gasteiger partial charge is 0.341 e. The quantitative estimate of drug-likeness (QED) is 0.842. The second kappa shape index (κ2) is 6.89. The number of amides is 1. The van der Waals surface area contributed by atoms with Crippen molar-refractivity contribution in [3.05, 3.63) is 29.3 Å². The van der Waals surface area contributed by atoms with Crippen LogP contribution in [0.4, 0.5) is 0 Å². The van der Waals surface area contributed by atoms with E-state index in [0.717, 1.165) is 24.0 Å². The number of rotatable bonds is 4. The normalized spacial score (nSPS) is 22.5. The number of carboxylic acids is 1. The standard InChI is InChI=1S/C17H19N3O4/c18-8-13-2-1-5-20(13)17(23)15-7-11-3-4-14(24-10-16(21)22)6-12(11)9-19-15/h3-4,6,13,15,19H,1-2,5,7,9-10H2,(H,21,22). The summed E-state index contributed by atoms with van der Waals surface area (Å²) in [4.78, 5) is 24.9. The van der Waals surface area contributed by atoms with Gasteiger partial charge in [-0.05, 0) is 42.5 Å². The molecular weight excluding hydrogens is 310 g/mol. The highest BCUT2D eigenvalue weighted by molar-refractivity contribution is 5.83. The Balaban J connectivity index is 1.67. The average molecular weight is 329 g/mol. The van der Waals surface area contributed by atoms with Crippen LogP contribution in [0.25, 0.3) is 0 Å². The lowest BCUT2D eigenvalue weighted by molar-refractivity contribution is -0.139. The van der Waals surface area contributed by atoms with E-state index in [1.165, 1.54) is 0 Å². The summed E-state index contributed by atoms with van der Waals surface area (Å²) in [6.45, 7) is 0.781. The van der Waals surface area contributed by atoms with Crippen LogP contribution in [-0.4, -0.2) is 47.1 Å². The van der Waals surface area contributed by atoms with E-state index in [1.807, 2.05) is 6.07 Å². The second-order valence-electron chi connectivity index (χ2n) is 6.07. The minimum atomic E-state index is -1.02. The molecule has 2 atom stereocenters. The first-order valence-corrected chi connectivity index (χ1v) is 7.98. The van der Waals surface area contributed by atoms with Gasteiger partial charge in [-0.1, -0.05) is 6.07 Å². The Morgan fingerprint density at radius 3 is 3.00 bits per heavy atom. The number of fused-ring (bicyclic) bond motifs is 1. The summed E-state index contributed by atoms with van der Waals surface area (Å²) in [6, 6.07) is 6.97. The van der Waals surface area contributed by atoms with Crippen LogP contribution in [-0.2, 0) is 22.6 Å². The van der Waals surface area contributed by atoms with Crippen LogP contribution in [0, 0.1) is 11.3 Å². The lowest BCUT2D eigenvalue weighted by atomic mass is 9.94. The minimum Gasteiger partial charge on any atom is -0.482 e. The number of ether oxygens (including phenoxy) is 1. The molecule has 0 aromatic heterocycles. The predicted molar refractivity (Wildman–Crippen MR) is 84.3 cm³/mol. The molecule has 3 rings (SSSR count). The maximum atomic E-state index is 12.6. The molecule has 2 unspecified atom stereocenters. The zero-order valence-electron chi connectivity index (χ0n) is 13.2. The molecule has 2 heterocycles. The van der Waals surface area contributed by atoms with Gasteiger partial charge in [-0.2, -0.15) is 5.26 Å². The zero-order valence-corrected chi connectivity index (χ0v) is 13.2. The van der Waals surface area contributed by atoms with E-state index in [2.05, 4.69) is 11.4 Å². The first-order valence-electron chi connectivity index (χ1n) is 7.98. The van der Waals surface area contributed by atoms with Crippen molar-refractivity contribution in [2.75, 3.05) is 13.2 Å². The Hall–Kier alpha value is -2.59. The maximum absolute atomic E-state index is 12.6. The monoisotopic (exact) mass is 329 g/mol. The molecule has 2 N–H and O–H groups in total. The van der Waals surface area contributed by atoms with Crippen molar-refractivity contribution in [2.24, 2.45) is 0 Å². The molecule has 0 saturated carbocycles. The number of hydrogen-bond donors (Lipinski definition) is 2. The van der Waals surface area contributed by atoms with E-state index in [0.29, 0.717) is 25.3 Å². The SMILES string of the molecule is N#CC1CCCN1C(=O)C1Cc2ccc(OCC(=O)O)cc2CN1. The number of benzene rings is 1. The third-order valence-electron chi connectivity index (χ3n) is 4.49. The van der Waals surface area contributed by atoms with Gasteiger partial charge in [0.2, 0.25) is 5.91 Å². The molecule has 0 spiro atoms. The van der Waals surface area contributed by atoms with Crippen LogP contribution in [0.1, 0.15) is 24.0 Å². The van der Waals surface area contributed by atoms with Crippen molar-refractivity contribution < 1.29 is 19.4 Å². The van der Waals surface area contributed by atoms with Gasteiger partial charge in [0.05, 0.1) is 12.1 Å². The summed E-state index contributed by atoms with van der Waals surface area (Å²) in [6.07, 6.45) is 2.18. The molecule has 1 aromatic carbocycles. The van der Waals surface area contributed by atoms with Gasteiger partial charge >= 0.3 is 5.97 Å². The van der Waals surface area contributed by atoms with E-state index in [9.17, 15) is 9.59 Å². The van der Waals surface area contributed by atoms with Crippen LogP contribution in [0.3, 0.4) is 0 Å². The van der Waals surface area contributed by atoms with Gasteiger partial charge in [0.1, 0.15) is 11.8 Å². The molecule has 1 saturated heterocycles. The number of hydrogen-bond acceptors (Lipinski definition) is 5. The molecule has 1 fully saturated rings. The molecule has 7 nitrogen and oxygen atoms in total. The van der Waals surface area contributed by atoms with Crippen molar-refractivity contribution >= 4 is 11.9 Å². The molecule has 24 heavy (non-hydrogen) atoms. The van der Waals surface area contributed by atoms with E-state index in [4.69, 9.17) is 15.1 Å². The Morgan fingerprint density at radius 2 is 2.25 bits per heavy atom. The maximum Gasteiger partial charge on any atom is 0.341 e. The minimum absolute atomic E-state index is 0.0177. The first-order chi connectivity index (χ1) is 11.6. The van der Waals surface area contributed by atoms with Gasteiger partial charge < -0.3 is 20.1 Å². The van der Waals surface area contributed by atoms with E-state index < -0.39 is 5.97 Å². The van der Waals surface area contributed by atoms with Gasteiger partial charge in [-0.25, -0.2) is 4.79 Å². The molecule has 1 amide bonds. The fourth-order valence-electron chi connectivity index (χ4n) is 3.27. The van der Waals surface area contributed by atoms with Crippen LogP contribution < -0.4 is 10.1 Å². The molecule has 126 valence electrons. The number of carboxylic acid groups (broad SMARTS) is 1. The number of carbonyl (C=O) groups is 2. The summed E-state index contributed by atoms with van der Waals surface area (Å²) in [7, 11) is 0. The molecule has 1 aromatic rings. The summed E-state index contributed by atoms with van der Waals surface area (Å²) in [5.41, 5.74) is 2.04. The van der Waals surface area contributed by atoms with Crippen LogP contribution in [0.5, 0.6) is 5.75 Å². The predicted octanol–water partition coefficient (Wildman–Crippen LogP) is 0.679. The number of likely N-dealkylation sites (tertiary alicyclic amines) is 1. The van der Waals surface area contributed by atoms with Crippen molar-refractivity contribution in [3.63, 3.8) is 0 Å². The van der Waals surface area contributed by atoms with Crippen molar-refractivity contribution in [1.82, 2.24) is 10.2 Å². The number of aliphatic carboxylic acids is 1. The fourth-order valence-corrected chi connectivity index (χ4v) is 3.27. The van der Waals surface area contributed by atoms with Gasteiger partial charge in [0, 0.05) is 13.1 Å². The third kappa shape index (κ3) is 3.34. The van der Waals surface area contributed by atoms with Crippen molar-refractivity contribution in [1.29, 1.82) is 5.26 Å². The summed E-state index contributed by atoms with van der Waals surface area (Å²) < 4.78 is 5.18. The van der Waals surface area contributed by atoms with Crippen LogP contribution in [0.2, 0.25) is 0 Å². The van der Waals surface area contributed by atoms with Gasteiger partial charge in [-0.3, -0.25) is 4.79 Å². The summed E-state index contributed by atoms with van der Waals surface area (Å²) in [5, 5.41) is 21.0. The summed E-state index contributed by atoms with van der Waals surface area (Å²) in [5.74, 6) is -0.531. The molecule has 0 bridgehead atoms. The molecular formula is C17H19N3O4. The van der Waals surface area contributed by atoms with Crippen LogP contribution >= 0.6 is 0 Å². The van der Waals surface area contributed by atoms with E-state index in [1.54, 1.807) is 17.0 Å². The average Bonchev–Trinajstić information content (AvgIpc) is 3.07. The fraction of sp³-hybridized carbons (Fsp3) is 0.471. The highest BCUT2D eigenvalue weighted by atomic mass is 16.5. The number of carbonyl (C=O) groups excluding carboxylic acids is 1. The molecule has 2 aliphatic rings. The largest absolute Gasteiger partial charge is 0.482 e. The number of nitrogens with zero attached hydrogens (tertiary/aromatic N) is 2. The number of nitrogens with one attached hydrogen (secondary N) is 1. The van der Waals surface area contributed by atoms with Crippen molar-refractivity contribution in [2.45, 2.75) is 37.9 Å².